The van der Waals surface area contributed by atoms with Crippen LogP contribution in [0.4, 0.5) is 0 Å². The van der Waals surface area contributed by atoms with Gasteiger partial charge in [0, 0.05) is 0 Å². The molecule has 0 radical (unpaired) electrons. The highest BCUT2D eigenvalue weighted by molar-refractivity contribution is 5.78. The molecule has 3 rings (SSSR count). The average molecular weight is 360 g/mol. The lowest BCUT2D eigenvalue weighted by molar-refractivity contribution is -0.163. The highest BCUT2D eigenvalue weighted by Gasteiger charge is 2.51. The van der Waals surface area contributed by atoms with Gasteiger partial charge in [-0.3, -0.25) is 9.59 Å². The summed E-state index contributed by atoms with van der Waals surface area (Å²) < 4.78 is 0. The Bertz CT molecular complexity index is 529. The van der Waals surface area contributed by atoms with Gasteiger partial charge in [0.05, 0.1) is 10.8 Å². The number of carboxylic acids is 2. The zero-order chi connectivity index (χ0) is 18.6. The van der Waals surface area contributed by atoms with Crippen molar-refractivity contribution in [3.8, 4) is 0 Å². The van der Waals surface area contributed by atoms with Crippen molar-refractivity contribution in [3.63, 3.8) is 0 Å². The number of carbonyl (C=O) groups is 2. The Morgan fingerprint density at radius 3 is 1.38 bits per heavy atom. The van der Waals surface area contributed by atoms with Gasteiger partial charge in [-0.15, -0.1) is 0 Å². The molecule has 26 heavy (non-hydrogen) atoms. The normalized spacial score (nSPS) is 37.4. The lowest BCUT2D eigenvalue weighted by Gasteiger charge is -2.45. The Kier molecular flexibility index (Phi) is 5.89. The van der Waals surface area contributed by atoms with Crippen molar-refractivity contribution in [1.29, 1.82) is 0 Å². The van der Waals surface area contributed by atoms with Crippen LogP contribution < -0.4 is 0 Å². The Morgan fingerprint density at radius 1 is 0.731 bits per heavy atom. The van der Waals surface area contributed by atoms with E-state index in [9.17, 15) is 19.8 Å². The molecule has 2 unspecified atom stereocenters. The molecule has 0 saturated heterocycles. The molecule has 3 aliphatic rings. The Morgan fingerprint density at radius 2 is 1.12 bits per heavy atom. The Hall–Kier alpha value is -1.58. The van der Waals surface area contributed by atoms with Crippen LogP contribution in [-0.2, 0) is 9.59 Å². The molecule has 2 atom stereocenters. The van der Waals surface area contributed by atoms with Crippen molar-refractivity contribution in [2.45, 2.75) is 77.0 Å². The summed E-state index contributed by atoms with van der Waals surface area (Å²) in [5.41, 5.74) is -1.44. The van der Waals surface area contributed by atoms with Crippen LogP contribution in [-0.4, -0.2) is 22.2 Å². The summed E-state index contributed by atoms with van der Waals surface area (Å²) in [6.07, 6.45) is 18.3. The maximum Gasteiger partial charge on any atom is 0.309 e. The molecule has 0 bridgehead atoms. The molecule has 144 valence electrons. The van der Waals surface area contributed by atoms with Gasteiger partial charge in [-0.1, -0.05) is 24.3 Å². The summed E-state index contributed by atoms with van der Waals surface area (Å²) >= 11 is 0. The fourth-order valence-electron chi connectivity index (χ4n) is 5.41. The van der Waals surface area contributed by atoms with Gasteiger partial charge >= 0.3 is 11.9 Å². The molecule has 0 aromatic heterocycles. The number of carboxylic acid groups (broad SMARTS) is 2. The summed E-state index contributed by atoms with van der Waals surface area (Å²) in [4.78, 5) is 24.3. The zero-order valence-electron chi connectivity index (χ0n) is 15.7. The van der Waals surface area contributed by atoms with Crippen molar-refractivity contribution in [1.82, 2.24) is 0 Å². The van der Waals surface area contributed by atoms with Crippen LogP contribution in [0.25, 0.3) is 0 Å². The van der Waals surface area contributed by atoms with Crippen molar-refractivity contribution in [3.05, 3.63) is 24.3 Å². The van der Waals surface area contributed by atoms with E-state index in [4.69, 9.17) is 0 Å². The predicted molar refractivity (Wildman–Crippen MR) is 101 cm³/mol. The highest BCUT2D eigenvalue weighted by atomic mass is 16.4. The molecule has 0 aliphatic heterocycles. The number of aliphatic carboxylic acids is 2. The topological polar surface area (TPSA) is 74.6 Å². The Labute approximate surface area is 156 Å². The summed E-state index contributed by atoms with van der Waals surface area (Å²) in [5.74, 6) is -0.577. The lowest BCUT2D eigenvalue weighted by Crippen LogP contribution is -2.45. The number of hydrogen-bond donors (Lipinski definition) is 2. The second kappa shape index (κ2) is 7.98. The minimum absolute atomic E-state index is 0.428. The van der Waals surface area contributed by atoms with Gasteiger partial charge in [-0.05, 0) is 88.9 Å². The fraction of sp³-hybridized carbons (Fsp3) is 0.727. The molecule has 0 aromatic rings. The fourth-order valence-corrected chi connectivity index (χ4v) is 5.41. The van der Waals surface area contributed by atoms with Crippen molar-refractivity contribution < 1.29 is 19.8 Å². The summed E-state index contributed by atoms with van der Waals surface area (Å²) in [6, 6.07) is 0. The van der Waals surface area contributed by atoms with Gasteiger partial charge in [0.1, 0.15) is 0 Å². The summed E-state index contributed by atoms with van der Waals surface area (Å²) in [5, 5.41) is 20.0. The minimum atomic E-state index is -0.721. The first-order chi connectivity index (χ1) is 12.5. The van der Waals surface area contributed by atoms with Gasteiger partial charge < -0.3 is 10.2 Å². The van der Waals surface area contributed by atoms with Crippen LogP contribution in [0.3, 0.4) is 0 Å². The second-order valence-electron chi connectivity index (χ2n) is 8.88. The van der Waals surface area contributed by atoms with Crippen molar-refractivity contribution in [2.24, 2.45) is 22.7 Å². The monoisotopic (exact) mass is 360 g/mol. The van der Waals surface area contributed by atoms with Crippen LogP contribution in [0, 0.1) is 22.7 Å². The maximum atomic E-state index is 12.1. The molecule has 4 nitrogen and oxygen atoms in total. The Balaban J connectivity index is 1.69. The second-order valence-corrected chi connectivity index (χ2v) is 8.88. The molecule has 1 saturated carbocycles. The maximum absolute atomic E-state index is 12.1. The molecule has 0 aromatic carbocycles. The third-order valence-electron chi connectivity index (χ3n) is 7.19. The van der Waals surface area contributed by atoms with Gasteiger partial charge in [0.2, 0.25) is 0 Å². The van der Waals surface area contributed by atoms with Crippen LogP contribution in [0.2, 0.25) is 0 Å². The van der Waals surface area contributed by atoms with Gasteiger partial charge in [0.15, 0.2) is 0 Å². The predicted octanol–water partition coefficient (Wildman–Crippen LogP) is 5.20. The van der Waals surface area contributed by atoms with E-state index in [1.165, 1.54) is 0 Å². The van der Waals surface area contributed by atoms with E-state index in [2.05, 4.69) is 24.3 Å². The van der Waals surface area contributed by atoms with Crippen LogP contribution in [0.5, 0.6) is 0 Å². The number of rotatable bonds is 6. The number of hydrogen-bond acceptors (Lipinski definition) is 2. The molecule has 4 heteroatoms. The van der Waals surface area contributed by atoms with Crippen molar-refractivity contribution in [2.75, 3.05) is 0 Å². The van der Waals surface area contributed by atoms with Crippen LogP contribution in [0.1, 0.15) is 77.0 Å². The first-order valence-corrected chi connectivity index (χ1v) is 10.2. The van der Waals surface area contributed by atoms with Gasteiger partial charge in [0.25, 0.3) is 0 Å². The largest absolute Gasteiger partial charge is 0.481 e. The SMILES string of the molecule is O=C(O)C1(CC2CC=CCC2)CCC(CC2CC=CCC2)(C(=O)O)CC1. The van der Waals surface area contributed by atoms with E-state index in [0.717, 1.165) is 38.5 Å². The lowest BCUT2D eigenvalue weighted by atomic mass is 9.58. The molecule has 0 spiro atoms. The third-order valence-corrected chi connectivity index (χ3v) is 7.19. The quantitative estimate of drug-likeness (QED) is 0.639. The molecule has 0 heterocycles. The molecule has 1 fully saturated rings. The van der Waals surface area contributed by atoms with Crippen molar-refractivity contribution >= 4 is 11.9 Å². The smallest absolute Gasteiger partial charge is 0.309 e. The number of allylic oxidation sites excluding steroid dienone is 4. The molecular formula is C22H32O4. The van der Waals surface area contributed by atoms with E-state index in [0.29, 0.717) is 50.4 Å². The standard InChI is InChI=1S/C22H32O4/c23-19(24)21(15-17-7-3-1-4-8-17)11-13-22(14-12-21,20(25)26)16-18-9-5-2-6-10-18/h1-3,5,17-18H,4,6-16H2,(H,23,24)(H,25,26). The van der Waals surface area contributed by atoms with Crippen LogP contribution in [0.15, 0.2) is 24.3 Å². The molecule has 0 amide bonds. The zero-order valence-corrected chi connectivity index (χ0v) is 15.7. The van der Waals surface area contributed by atoms with E-state index in [1.807, 2.05) is 0 Å². The van der Waals surface area contributed by atoms with E-state index >= 15 is 0 Å². The van der Waals surface area contributed by atoms with E-state index in [1.54, 1.807) is 0 Å². The molecular weight excluding hydrogens is 328 g/mol. The van der Waals surface area contributed by atoms with Gasteiger partial charge in [-0.2, -0.15) is 0 Å². The average Bonchev–Trinajstić information content (AvgIpc) is 2.65. The third kappa shape index (κ3) is 4.05. The summed E-state index contributed by atoms with van der Waals surface area (Å²) in [6.45, 7) is 0. The first-order valence-electron chi connectivity index (χ1n) is 10.2. The summed E-state index contributed by atoms with van der Waals surface area (Å²) in [7, 11) is 0. The minimum Gasteiger partial charge on any atom is -0.481 e. The first kappa shape index (κ1) is 19.2. The van der Waals surface area contributed by atoms with Gasteiger partial charge in [-0.25, -0.2) is 0 Å². The van der Waals surface area contributed by atoms with Crippen LogP contribution >= 0.6 is 0 Å². The molecule has 3 aliphatic carbocycles. The molecule has 2 N–H and O–H groups in total. The highest BCUT2D eigenvalue weighted by Crippen LogP contribution is 2.53. The van der Waals surface area contributed by atoms with E-state index in [-0.39, 0.29) is 0 Å². The van der Waals surface area contributed by atoms with E-state index < -0.39 is 22.8 Å².